The zero-order valence-electron chi connectivity index (χ0n) is 13.7. The van der Waals surface area contributed by atoms with E-state index in [1.807, 2.05) is 0 Å². The number of halogens is 2. The average molecular weight is 424 g/mol. The normalized spacial score (nSPS) is 15.0. The molecule has 1 aliphatic heterocycles. The predicted molar refractivity (Wildman–Crippen MR) is 104 cm³/mol. The quantitative estimate of drug-likeness (QED) is 0.441. The fourth-order valence-electron chi connectivity index (χ4n) is 2.23. The number of rotatable bonds is 4. The first-order valence-corrected chi connectivity index (χ1v) is 9.05. The third kappa shape index (κ3) is 4.44. The summed E-state index contributed by atoms with van der Waals surface area (Å²) in [4.78, 5) is 35.4. The molecule has 1 N–H and O–H groups in total. The second-order valence-electron chi connectivity index (χ2n) is 5.28. The maximum atomic E-state index is 12.3. The van der Waals surface area contributed by atoms with Crippen LogP contribution in [0.25, 0.3) is 6.08 Å². The maximum absolute atomic E-state index is 12.3. The molecule has 2 amide bonds. The summed E-state index contributed by atoms with van der Waals surface area (Å²) in [7, 11) is 1.39. The fourth-order valence-corrected chi connectivity index (χ4v) is 3.30. The van der Waals surface area contributed by atoms with E-state index in [2.05, 4.69) is 5.32 Å². The van der Waals surface area contributed by atoms with Crippen LogP contribution >= 0.6 is 35.0 Å². The highest BCUT2D eigenvalue weighted by Crippen LogP contribution is 2.38. The molecule has 2 aromatic rings. The Hall–Kier alpha value is -2.48. The van der Waals surface area contributed by atoms with Gasteiger partial charge >= 0.3 is 5.97 Å². The van der Waals surface area contributed by atoms with Gasteiger partial charge in [-0.05, 0) is 59.8 Å². The van der Waals surface area contributed by atoms with Crippen LogP contribution in [0.1, 0.15) is 15.9 Å². The molecule has 9 heteroatoms. The standard InChI is InChI=1S/C18H11Cl2NO5S/c1-25-13-7-9(8-14-16(22)21-18(24)27-14)6-12(20)15(13)26-17(23)10-2-4-11(19)5-3-10/h2-8H,1H3,(H,21,22,24)/b14-8-. The number of methoxy groups -OCH3 is 1. The molecule has 27 heavy (non-hydrogen) atoms. The number of carbonyl (C=O) groups is 3. The molecule has 1 aliphatic rings. The van der Waals surface area contributed by atoms with Gasteiger partial charge in [-0.1, -0.05) is 23.2 Å². The van der Waals surface area contributed by atoms with Crippen LogP contribution in [0, 0.1) is 0 Å². The summed E-state index contributed by atoms with van der Waals surface area (Å²) >= 11 is 12.8. The molecule has 1 fully saturated rings. The SMILES string of the molecule is COc1cc(/C=C2\SC(=O)NC2=O)cc(Cl)c1OC(=O)c1ccc(Cl)cc1. The van der Waals surface area contributed by atoms with Gasteiger partial charge in [-0.2, -0.15) is 0 Å². The smallest absolute Gasteiger partial charge is 0.343 e. The van der Waals surface area contributed by atoms with E-state index < -0.39 is 17.1 Å². The van der Waals surface area contributed by atoms with Crippen molar-refractivity contribution in [3.05, 3.63) is 62.5 Å². The van der Waals surface area contributed by atoms with Gasteiger partial charge in [-0.25, -0.2) is 4.79 Å². The lowest BCUT2D eigenvalue weighted by Gasteiger charge is -2.12. The number of nitrogens with one attached hydrogen (secondary N) is 1. The number of thioether (sulfide) groups is 1. The van der Waals surface area contributed by atoms with E-state index in [0.717, 1.165) is 11.8 Å². The minimum atomic E-state index is -0.630. The summed E-state index contributed by atoms with van der Waals surface area (Å²) in [6.07, 6.45) is 1.49. The molecule has 0 saturated carbocycles. The summed E-state index contributed by atoms with van der Waals surface area (Å²) in [6, 6.07) is 9.22. The van der Waals surface area contributed by atoms with Gasteiger partial charge in [0.25, 0.3) is 11.1 Å². The predicted octanol–water partition coefficient (Wildman–Crippen LogP) is 4.55. The van der Waals surface area contributed by atoms with Crippen molar-refractivity contribution in [1.82, 2.24) is 5.32 Å². The molecule has 2 aromatic carbocycles. The number of carbonyl (C=O) groups excluding carboxylic acids is 3. The number of hydrogen-bond acceptors (Lipinski definition) is 6. The molecule has 6 nitrogen and oxygen atoms in total. The third-order valence-electron chi connectivity index (χ3n) is 3.47. The molecule has 1 saturated heterocycles. The first-order valence-electron chi connectivity index (χ1n) is 7.47. The van der Waals surface area contributed by atoms with Crippen LogP contribution in [0.5, 0.6) is 11.5 Å². The molecular formula is C18H11Cl2NO5S. The minimum absolute atomic E-state index is 0.0425. The lowest BCUT2D eigenvalue weighted by Crippen LogP contribution is -2.17. The number of ether oxygens (including phenoxy) is 2. The average Bonchev–Trinajstić information content (AvgIpc) is 2.94. The van der Waals surface area contributed by atoms with Gasteiger partial charge in [0, 0.05) is 5.02 Å². The van der Waals surface area contributed by atoms with Crippen molar-refractivity contribution >= 4 is 58.2 Å². The molecule has 0 aromatic heterocycles. The van der Waals surface area contributed by atoms with Crippen molar-refractivity contribution in [2.24, 2.45) is 0 Å². The zero-order valence-corrected chi connectivity index (χ0v) is 16.1. The molecule has 3 rings (SSSR count). The van der Waals surface area contributed by atoms with Crippen LogP contribution in [-0.2, 0) is 4.79 Å². The molecule has 0 unspecified atom stereocenters. The summed E-state index contributed by atoms with van der Waals surface area (Å²) in [5.41, 5.74) is 0.803. The van der Waals surface area contributed by atoms with Crippen molar-refractivity contribution in [3.8, 4) is 11.5 Å². The Balaban J connectivity index is 1.89. The Morgan fingerprint density at radius 1 is 1.15 bits per heavy atom. The Morgan fingerprint density at radius 3 is 2.44 bits per heavy atom. The van der Waals surface area contributed by atoms with Crippen LogP contribution < -0.4 is 14.8 Å². The van der Waals surface area contributed by atoms with Crippen LogP contribution in [-0.4, -0.2) is 24.2 Å². The highest BCUT2D eigenvalue weighted by atomic mass is 35.5. The topological polar surface area (TPSA) is 81.7 Å². The maximum Gasteiger partial charge on any atom is 0.343 e. The number of imide groups is 1. The Bertz CT molecular complexity index is 972. The largest absolute Gasteiger partial charge is 0.493 e. The van der Waals surface area contributed by atoms with Crippen molar-refractivity contribution in [2.45, 2.75) is 0 Å². The Morgan fingerprint density at radius 2 is 1.85 bits per heavy atom. The Kier molecular flexibility index (Phi) is 5.74. The first-order chi connectivity index (χ1) is 12.9. The van der Waals surface area contributed by atoms with Crippen LogP contribution in [0.2, 0.25) is 10.0 Å². The van der Waals surface area contributed by atoms with Gasteiger partial charge in [0.05, 0.1) is 22.6 Å². The second-order valence-corrected chi connectivity index (χ2v) is 7.14. The van der Waals surface area contributed by atoms with E-state index >= 15 is 0 Å². The fraction of sp³-hybridized carbons (Fsp3) is 0.0556. The highest BCUT2D eigenvalue weighted by Gasteiger charge is 2.25. The van der Waals surface area contributed by atoms with Gasteiger partial charge in [-0.3, -0.25) is 14.9 Å². The van der Waals surface area contributed by atoms with Gasteiger partial charge in [0.1, 0.15) is 0 Å². The number of amides is 2. The lowest BCUT2D eigenvalue weighted by atomic mass is 10.1. The molecule has 138 valence electrons. The summed E-state index contributed by atoms with van der Waals surface area (Å²) in [6.45, 7) is 0. The third-order valence-corrected chi connectivity index (χ3v) is 4.81. The second kappa shape index (κ2) is 8.04. The summed E-state index contributed by atoms with van der Waals surface area (Å²) in [5.74, 6) is -0.875. The molecule has 0 bridgehead atoms. The van der Waals surface area contributed by atoms with E-state index in [0.29, 0.717) is 16.1 Å². The summed E-state index contributed by atoms with van der Waals surface area (Å²) < 4.78 is 10.6. The molecule has 0 aliphatic carbocycles. The molecule has 0 atom stereocenters. The van der Waals surface area contributed by atoms with Crippen molar-refractivity contribution in [3.63, 3.8) is 0 Å². The molecular weight excluding hydrogens is 413 g/mol. The number of esters is 1. The van der Waals surface area contributed by atoms with E-state index in [-0.39, 0.29) is 21.4 Å². The van der Waals surface area contributed by atoms with E-state index in [1.165, 1.54) is 31.4 Å². The van der Waals surface area contributed by atoms with Crippen molar-refractivity contribution < 1.29 is 23.9 Å². The van der Waals surface area contributed by atoms with Gasteiger partial charge < -0.3 is 9.47 Å². The van der Waals surface area contributed by atoms with Gasteiger partial charge in [-0.15, -0.1) is 0 Å². The number of hydrogen-bond donors (Lipinski definition) is 1. The van der Waals surface area contributed by atoms with Crippen LogP contribution in [0.4, 0.5) is 4.79 Å². The zero-order chi connectivity index (χ0) is 19.6. The van der Waals surface area contributed by atoms with Crippen molar-refractivity contribution in [1.29, 1.82) is 0 Å². The molecule has 1 heterocycles. The Labute approximate surface area is 168 Å². The number of benzene rings is 2. The van der Waals surface area contributed by atoms with E-state index in [1.54, 1.807) is 18.2 Å². The van der Waals surface area contributed by atoms with Gasteiger partial charge in [0.2, 0.25) is 0 Å². The molecule has 0 spiro atoms. The van der Waals surface area contributed by atoms with Crippen LogP contribution in [0.15, 0.2) is 41.3 Å². The highest BCUT2D eigenvalue weighted by molar-refractivity contribution is 8.18. The van der Waals surface area contributed by atoms with E-state index in [9.17, 15) is 14.4 Å². The summed E-state index contributed by atoms with van der Waals surface area (Å²) in [5, 5.41) is 2.32. The van der Waals surface area contributed by atoms with Crippen LogP contribution in [0.3, 0.4) is 0 Å². The van der Waals surface area contributed by atoms with Crippen molar-refractivity contribution in [2.75, 3.05) is 7.11 Å². The molecule has 0 radical (unpaired) electrons. The lowest BCUT2D eigenvalue weighted by molar-refractivity contribution is -0.115. The van der Waals surface area contributed by atoms with Gasteiger partial charge in [0.15, 0.2) is 11.5 Å². The van der Waals surface area contributed by atoms with E-state index in [4.69, 9.17) is 32.7 Å². The minimum Gasteiger partial charge on any atom is -0.493 e. The first kappa shape index (κ1) is 19.3. The monoisotopic (exact) mass is 423 g/mol.